The number of aromatic nitrogens is 2. The second-order valence-corrected chi connectivity index (χ2v) is 4.47. The predicted molar refractivity (Wildman–Crippen MR) is 54.1 cm³/mol. The molecule has 3 nitrogen and oxygen atoms in total. The van der Waals surface area contributed by atoms with Crippen molar-refractivity contribution in [3.8, 4) is 0 Å². The van der Waals surface area contributed by atoms with Gasteiger partial charge in [0.25, 0.3) is 0 Å². The van der Waals surface area contributed by atoms with Crippen molar-refractivity contribution >= 4 is 23.4 Å². The summed E-state index contributed by atoms with van der Waals surface area (Å²) in [4.78, 5) is 8.08. The van der Waals surface area contributed by atoms with E-state index >= 15 is 0 Å². The quantitative estimate of drug-likeness (QED) is 0.620. The minimum absolute atomic E-state index is 0.196. The van der Waals surface area contributed by atoms with Crippen LogP contribution in [0.5, 0.6) is 0 Å². The van der Waals surface area contributed by atoms with Crippen LogP contribution < -0.4 is 0 Å². The van der Waals surface area contributed by atoms with E-state index in [4.69, 9.17) is 16.7 Å². The second-order valence-electron chi connectivity index (χ2n) is 2.62. The minimum Gasteiger partial charge on any atom is -0.396 e. The van der Waals surface area contributed by atoms with Crippen molar-refractivity contribution < 1.29 is 5.11 Å². The SMILES string of the molecule is CC(CCO)Sc1ncc(Cl)cn1. The van der Waals surface area contributed by atoms with E-state index in [9.17, 15) is 0 Å². The number of halogens is 1. The zero-order valence-electron chi connectivity index (χ0n) is 7.27. The molecule has 1 aromatic rings. The molecule has 0 saturated carbocycles. The lowest BCUT2D eigenvalue weighted by Gasteiger charge is -2.06. The molecule has 0 aromatic carbocycles. The van der Waals surface area contributed by atoms with E-state index in [1.807, 2.05) is 6.92 Å². The monoisotopic (exact) mass is 218 g/mol. The standard InChI is InChI=1S/C8H11ClN2OS/c1-6(2-3-12)13-8-10-4-7(9)5-11-8/h4-6,12H,2-3H2,1H3. The van der Waals surface area contributed by atoms with Gasteiger partial charge in [-0.1, -0.05) is 30.3 Å². The van der Waals surface area contributed by atoms with E-state index in [1.165, 1.54) is 11.8 Å². The maximum Gasteiger partial charge on any atom is 0.187 e. The van der Waals surface area contributed by atoms with Gasteiger partial charge in [-0.05, 0) is 6.42 Å². The highest BCUT2D eigenvalue weighted by molar-refractivity contribution is 7.99. The van der Waals surface area contributed by atoms with Crippen molar-refractivity contribution in [2.24, 2.45) is 0 Å². The Morgan fingerprint density at radius 1 is 1.54 bits per heavy atom. The summed E-state index contributed by atoms with van der Waals surface area (Å²) in [6.45, 7) is 2.22. The van der Waals surface area contributed by atoms with Crippen LogP contribution in [0.15, 0.2) is 17.6 Å². The number of hydrogen-bond acceptors (Lipinski definition) is 4. The van der Waals surface area contributed by atoms with Crippen LogP contribution in [0, 0.1) is 0 Å². The van der Waals surface area contributed by atoms with Crippen molar-refractivity contribution in [2.75, 3.05) is 6.61 Å². The molecular formula is C8H11ClN2OS. The van der Waals surface area contributed by atoms with Crippen LogP contribution in [0.4, 0.5) is 0 Å². The molecule has 72 valence electrons. The van der Waals surface area contributed by atoms with Gasteiger partial charge in [-0.25, -0.2) is 9.97 Å². The Balaban J connectivity index is 2.49. The van der Waals surface area contributed by atoms with Crippen LogP contribution >= 0.6 is 23.4 Å². The molecule has 0 aliphatic heterocycles. The number of rotatable bonds is 4. The van der Waals surface area contributed by atoms with Gasteiger partial charge in [-0.3, -0.25) is 0 Å². The highest BCUT2D eigenvalue weighted by atomic mass is 35.5. The maximum absolute atomic E-state index is 8.68. The molecule has 0 saturated heterocycles. The third-order valence-corrected chi connectivity index (χ3v) is 2.69. The molecule has 5 heteroatoms. The lowest BCUT2D eigenvalue weighted by atomic mass is 10.4. The zero-order valence-corrected chi connectivity index (χ0v) is 8.85. The summed E-state index contributed by atoms with van der Waals surface area (Å²) in [6.07, 6.45) is 3.89. The van der Waals surface area contributed by atoms with Gasteiger partial charge in [-0.15, -0.1) is 0 Å². The topological polar surface area (TPSA) is 46.0 Å². The lowest BCUT2D eigenvalue weighted by molar-refractivity contribution is 0.289. The van der Waals surface area contributed by atoms with Crippen molar-refractivity contribution in [3.63, 3.8) is 0 Å². The Bertz CT molecular complexity index is 255. The van der Waals surface area contributed by atoms with Crippen LogP contribution in [-0.4, -0.2) is 26.9 Å². The van der Waals surface area contributed by atoms with Gasteiger partial charge in [0.1, 0.15) is 0 Å². The van der Waals surface area contributed by atoms with Crippen molar-refractivity contribution in [2.45, 2.75) is 23.8 Å². The van der Waals surface area contributed by atoms with Crippen LogP contribution in [0.3, 0.4) is 0 Å². The number of aliphatic hydroxyl groups is 1. The summed E-state index contributed by atoms with van der Waals surface area (Å²) in [6, 6.07) is 0. The Hall–Kier alpha value is -0.320. The fraction of sp³-hybridized carbons (Fsp3) is 0.500. The Morgan fingerprint density at radius 2 is 2.15 bits per heavy atom. The van der Waals surface area contributed by atoms with Gasteiger partial charge in [0.2, 0.25) is 0 Å². The molecule has 1 heterocycles. The first-order valence-electron chi connectivity index (χ1n) is 3.97. The van der Waals surface area contributed by atoms with Crippen LogP contribution in [0.1, 0.15) is 13.3 Å². The van der Waals surface area contributed by atoms with Crippen LogP contribution in [-0.2, 0) is 0 Å². The fourth-order valence-corrected chi connectivity index (χ4v) is 1.69. The molecular weight excluding hydrogens is 208 g/mol. The average molecular weight is 219 g/mol. The zero-order chi connectivity index (χ0) is 9.68. The molecule has 0 aliphatic carbocycles. The van der Waals surface area contributed by atoms with Gasteiger partial charge in [0.15, 0.2) is 5.16 Å². The van der Waals surface area contributed by atoms with Crippen molar-refractivity contribution in [1.29, 1.82) is 0 Å². The Kier molecular flexibility index (Phi) is 4.48. The first-order chi connectivity index (χ1) is 6.22. The molecule has 1 rings (SSSR count). The third-order valence-electron chi connectivity index (χ3n) is 1.44. The molecule has 0 spiro atoms. The molecule has 0 bridgehead atoms. The Labute approximate surface area is 86.6 Å². The summed E-state index contributed by atoms with van der Waals surface area (Å²) < 4.78 is 0. The summed E-state index contributed by atoms with van der Waals surface area (Å²) in [5.41, 5.74) is 0. The highest BCUT2D eigenvalue weighted by Gasteiger charge is 2.05. The third kappa shape index (κ3) is 3.93. The van der Waals surface area contributed by atoms with E-state index in [2.05, 4.69) is 9.97 Å². The first kappa shape index (κ1) is 10.8. The molecule has 1 unspecified atom stereocenters. The average Bonchev–Trinajstić information content (AvgIpc) is 2.09. The van der Waals surface area contributed by atoms with Gasteiger partial charge < -0.3 is 5.11 Å². The van der Waals surface area contributed by atoms with Gasteiger partial charge in [0, 0.05) is 11.9 Å². The van der Waals surface area contributed by atoms with Crippen LogP contribution in [0.25, 0.3) is 0 Å². The summed E-state index contributed by atoms with van der Waals surface area (Å²) in [5.74, 6) is 0. The number of nitrogens with zero attached hydrogens (tertiary/aromatic N) is 2. The van der Waals surface area contributed by atoms with E-state index in [-0.39, 0.29) is 6.61 Å². The smallest absolute Gasteiger partial charge is 0.187 e. The minimum atomic E-state index is 0.196. The maximum atomic E-state index is 8.68. The molecule has 0 amide bonds. The Morgan fingerprint density at radius 3 is 2.69 bits per heavy atom. The summed E-state index contributed by atoms with van der Waals surface area (Å²) >= 11 is 7.17. The molecule has 0 fully saturated rings. The van der Waals surface area contributed by atoms with E-state index in [1.54, 1.807) is 12.4 Å². The van der Waals surface area contributed by atoms with Gasteiger partial charge in [0.05, 0.1) is 17.4 Å². The normalized spacial score (nSPS) is 12.8. The van der Waals surface area contributed by atoms with E-state index in [0.29, 0.717) is 15.4 Å². The van der Waals surface area contributed by atoms with Gasteiger partial charge in [-0.2, -0.15) is 0 Å². The van der Waals surface area contributed by atoms with Gasteiger partial charge >= 0.3 is 0 Å². The lowest BCUT2D eigenvalue weighted by Crippen LogP contribution is -2.00. The molecule has 0 radical (unpaired) electrons. The largest absolute Gasteiger partial charge is 0.396 e. The molecule has 13 heavy (non-hydrogen) atoms. The predicted octanol–water partition coefficient (Wildman–Crippen LogP) is 1.99. The van der Waals surface area contributed by atoms with E-state index in [0.717, 1.165) is 6.42 Å². The van der Waals surface area contributed by atoms with E-state index < -0.39 is 0 Å². The van der Waals surface area contributed by atoms with Crippen molar-refractivity contribution in [3.05, 3.63) is 17.4 Å². The number of hydrogen-bond donors (Lipinski definition) is 1. The summed E-state index contributed by atoms with van der Waals surface area (Å²) in [7, 11) is 0. The second kappa shape index (κ2) is 5.42. The summed E-state index contributed by atoms with van der Waals surface area (Å²) in [5, 5.41) is 10.2. The first-order valence-corrected chi connectivity index (χ1v) is 5.23. The number of thioether (sulfide) groups is 1. The molecule has 1 atom stereocenters. The van der Waals surface area contributed by atoms with Crippen LogP contribution in [0.2, 0.25) is 5.02 Å². The molecule has 0 aliphatic rings. The highest BCUT2D eigenvalue weighted by Crippen LogP contribution is 2.21. The molecule has 1 N–H and O–H groups in total. The fourth-order valence-electron chi connectivity index (χ4n) is 0.782. The molecule has 1 aromatic heterocycles. The number of aliphatic hydroxyl groups excluding tert-OH is 1. The van der Waals surface area contributed by atoms with Crippen molar-refractivity contribution in [1.82, 2.24) is 9.97 Å².